The second kappa shape index (κ2) is 4.93. The van der Waals surface area contributed by atoms with E-state index in [1.54, 1.807) is 11.8 Å². The third kappa shape index (κ3) is 2.19. The normalized spacial score (nSPS) is 26.6. The van der Waals surface area contributed by atoms with E-state index in [0.29, 0.717) is 5.92 Å². The van der Waals surface area contributed by atoms with Crippen LogP contribution in [0.2, 0.25) is 0 Å². The highest BCUT2D eigenvalue weighted by atomic mass is 16.2. The van der Waals surface area contributed by atoms with E-state index in [0.717, 1.165) is 24.9 Å². The Kier molecular flexibility index (Phi) is 3.24. The number of amides is 2. The van der Waals surface area contributed by atoms with Crippen molar-refractivity contribution in [3.8, 4) is 0 Å². The van der Waals surface area contributed by atoms with Crippen molar-refractivity contribution in [1.82, 2.24) is 5.32 Å². The summed E-state index contributed by atoms with van der Waals surface area (Å²) in [6.45, 7) is 3.88. The van der Waals surface area contributed by atoms with Crippen molar-refractivity contribution in [2.45, 2.75) is 45.2 Å². The summed E-state index contributed by atoms with van der Waals surface area (Å²) in [7, 11) is 0. The first kappa shape index (κ1) is 13.2. The zero-order chi connectivity index (χ0) is 14.3. The Hall–Kier alpha value is -1.84. The van der Waals surface area contributed by atoms with Crippen LogP contribution in [0.5, 0.6) is 0 Å². The van der Waals surface area contributed by atoms with Gasteiger partial charge in [-0.25, -0.2) is 0 Å². The van der Waals surface area contributed by atoms with Crippen LogP contribution in [0.25, 0.3) is 0 Å². The third-order valence-corrected chi connectivity index (χ3v) is 4.28. The fourth-order valence-corrected chi connectivity index (χ4v) is 2.79. The number of hydrogen-bond donors (Lipinski definition) is 1. The number of rotatable bonds is 3. The van der Waals surface area contributed by atoms with Gasteiger partial charge in [-0.15, -0.1) is 0 Å². The van der Waals surface area contributed by atoms with E-state index in [4.69, 9.17) is 0 Å². The summed E-state index contributed by atoms with van der Waals surface area (Å²) in [5.41, 5.74) is 2.05. The number of carbonyl (C=O) groups excluding carboxylic acids is 2. The number of nitrogens with one attached hydrogen (secondary N) is 1. The van der Waals surface area contributed by atoms with E-state index in [-0.39, 0.29) is 17.9 Å². The minimum Gasteiger partial charge on any atom is -0.342 e. The van der Waals surface area contributed by atoms with Crippen LogP contribution in [-0.2, 0) is 16.0 Å². The van der Waals surface area contributed by atoms with E-state index in [1.165, 1.54) is 5.56 Å². The van der Waals surface area contributed by atoms with Crippen molar-refractivity contribution in [1.29, 1.82) is 0 Å². The molecule has 4 nitrogen and oxygen atoms in total. The summed E-state index contributed by atoms with van der Waals surface area (Å²) in [6, 6.07) is 7.16. The van der Waals surface area contributed by atoms with E-state index >= 15 is 0 Å². The van der Waals surface area contributed by atoms with Gasteiger partial charge in [0.25, 0.3) is 5.91 Å². The SMILES string of the molecule is CCc1ccc(N2C(=O)C(C3CC3)NC(=O)C2C)cc1. The minimum atomic E-state index is -0.440. The molecule has 2 amide bonds. The Balaban J connectivity index is 1.90. The number of benzene rings is 1. The molecule has 2 fully saturated rings. The molecule has 1 heterocycles. The molecule has 4 heteroatoms. The zero-order valence-corrected chi connectivity index (χ0v) is 11.9. The Labute approximate surface area is 119 Å². The molecule has 3 rings (SSSR count). The third-order valence-electron chi connectivity index (χ3n) is 4.28. The van der Waals surface area contributed by atoms with Gasteiger partial charge in [-0.3, -0.25) is 14.5 Å². The average molecular weight is 272 g/mol. The van der Waals surface area contributed by atoms with Crippen molar-refractivity contribution >= 4 is 17.5 Å². The first-order chi connectivity index (χ1) is 9.61. The predicted octanol–water partition coefficient (Wildman–Crippen LogP) is 1.88. The van der Waals surface area contributed by atoms with Crippen LogP contribution in [0, 0.1) is 5.92 Å². The Morgan fingerprint density at radius 3 is 2.40 bits per heavy atom. The molecule has 1 aliphatic carbocycles. The molecule has 0 aromatic heterocycles. The maximum atomic E-state index is 12.6. The van der Waals surface area contributed by atoms with Gasteiger partial charge in [-0.2, -0.15) is 0 Å². The summed E-state index contributed by atoms with van der Waals surface area (Å²) in [6.07, 6.45) is 3.04. The number of carbonyl (C=O) groups is 2. The zero-order valence-electron chi connectivity index (χ0n) is 11.9. The number of anilines is 1. The molecule has 1 saturated carbocycles. The molecule has 2 aliphatic rings. The van der Waals surface area contributed by atoms with Crippen LogP contribution in [0.1, 0.15) is 32.3 Å². The topological polar surface area (TPSA) is 49.4 Å². The van der Waals surface area contributed by atoms with Gasteiger partial charge in [0.1, 0.15) is 12.1 Å². The molecule has 0 bridgehead atoms. The molecule has 1 aromatic carbocycles. The van der Waals surface area contributed by atoms with Gasteiger partial charge in [0.05, 0.1) is 0 Å². The van der Waals surface area contributed by atoms with Crippen LogP contribution >= 0.6 is 0 Å². The summed E-state index contributed by atoms with van der Waals surface area (Å²) in [5, 5.41) is 2.87. The molecule has 1 aliphatic heterocycles. The maximum absolute atomic E-state index is 12.6. The predicted molar refractivity (Wildman–Crippen MR) is 77.4 cm³/mol. The average Bonchev–Trinajstić information content (AvgIpc) is 3.28. The summed E-state index contributed by atoms with van der Waals surface area (Å²) < 4.78 is 0. The molecule has 1 saturated heterocycles. The lowest BCUT2D eigenvalue weighted by molar-refractivity contribution is -0.133. The summed E-state index contributed by atoms with van der Waals surface area (Å²) in [5.74, 6) is 0.307. The van der Waals surface area contributed by atoms with Crippen molar-refractivity contribution in [2.24, 2.45) is 5.92 Å². The summed E-state index contributed by atoms with van der Waals surface area (Å²) in [4.78, 5) is 26.4. The van der Waals surface area contributed by atoms with Crippen molar-refractivity contribution in [3.05, 3.63) is 29.8 Å². The lowest BCUT2D eigenvalue weighted by atomic mass is 10.0. The molecular weight excluding hydrogens is 252 g/mol. The van der Waals surface area contributed by atoms with Gasteiger partial charge in [0, 0.05) is 5.69 Å². The van der Waals surface area contributed by atoms with Gasteiger partial charge in [-0.05, 0) is 49.8 Å². The molecule has 2 unspecified atom stereocenters. The highest BCUT2D eigenvalue weighted by Crippen LogP contribution is 2.36. The molecule has 106 valence electrons. The fourth-order valence-electron chi connectivity index (χ4n) is 2.79. The van der Waals surface area contributed by atoms with E-state index in [9.17, 15) is 9.59 Å². The monoisotopic (exact) mass is 272 g/mol. The van der Waals surface area contributed by atoms with E-state index in [1.807, 2.05) is 24.3 Å². The molecule has 0 radical (unpaired) electrons. The van der Waals surface area contributed by atoms with Crippen LogP contribution < -0.4 is 10.2 Å². The van der Waals surface area contributed by atoms with Crippen LogP contribution in [0.4, 0.5) is 5.69 Å². The number of nitrogens with zero attached hydrogens (tertiary/aromatic N) is 1. The van der Waals surface area contributed by atoms with E-state index in [2.05, 4.69) is 12.2 Å². The molecule has 2 atom stereocenters. The number of aryl methyl sites for hydroxylation is 1. The maximum Gasteiger partial charge on any atom is 0.250 e. The molecule has 20 heavy (non-hydrogen) atoms. The van der Waals surface area contributed by atoms with E-state index < -0.39 is 6.04 Å². The smallest absolute Gasteiger partial charge is 0.250 e. The van der Waals surface area contributed by atoms with Gasteiger partial charge >= 0.3 is 0 Å². The van der Waals surface area contributed by atoms with Crippen LogP contribution in [-0.4, -0.2) is 23.9 Å². The Morgan fingerprint density at radius 1 is 1.20 bits per heavy atom. The summed E-state index contributed by atoms with van der Waals surface area (Å²) >= 11 is 0. The van der Waals surface area contributed by atoms with Gasteiger partial charge < -0.3 is 5.32 Å². The lowest BCUT2D eigenvalue weighted by Gasteiger charge is -2.37. The number of hydrogen-bond acceptors (Lipinski definition) is 2. The molecule has 1 N–H and O–H groups in total. The quantitative estimate of drug-likeness (QED) is 0.913. The second-order valence-corrected chi connectivity index (χ2v) is 5.73. The van der Waals surface area contributed by atoms with Crippen molar-refractivity contribution < 1.29 is 9.59 Å². The first-order valence-corrected chi connectivity index (χ1v) is 7.34. The van der Waals surface area contributed by atoms with Gasteiger partial charge in [0.2, 0.25) is 5.91 Å². The second-order valence-electron chi connectivity index (χ2n) is 5.73. The van der Waals surface area contributed by atoms with Gasteiger partial charge in [-0.1, -0.05) is 19.1 Å². The highest BCUT2D eigenvalue weighted by Gasteiger charge is 2.45. The standard InChI is InChI=1S/C16H20N2O2/c1-3-11-4-8-13(9-5-11)18-10(2)15(19)17-14(16(18)20)12-6-7-12/h4-5,8-10,12,14H,3,6-7H2,1-2H3,(H,17,19). The van der Waals surface area contributed by atoms with Crippen molar-refractivity contribution in [2.75, 3.05) is 4.90 Å². The lowest BCUT2D eigenvalue weighted by Crippen LogP contribution is -2.63. The number of piperazine rings is 1. The molecular formula is C16H20N2O2. The first-order valence-electron chi connectivity index (χ1n) is 7.34. The Bertz CT molecular complexity index is 534. The van der Waals surface area contributed by atoms with Crippen LogP contribution in [0.15, 0.2) is 24.3 Å². The van der Waals surface area contributed by atoms with Crippen molar-refractivity contribution in [3.63, 3.8) is 0 Å². The minimum absolute atomic E-state index is 0.0313. The van der Waals surface area contributed by atoms with Crippen LogP contribution in [0.3, 0.4) is 0 Å². The highest BCUT2D eigenvalue weighted by molar-refractivity contribution is 6.08. The largest absolute Gasteiger partial charge is 0.342 e. The van der Waals surface area contributed by atoms with Gasteiger partial charge in [0.15, 0.2) is 0 Å². The Morgan fingerprint density at radius 2 is 1.85 bits per heavy atom. The molecule has 0 spiro atoms. The molecule has 1 aromatic rings. The fraction of sp³-hybridized carbons (Fsp3) is 0.500.